The fourth-order valence-electron chi connectivity index (χ4n) is 3.46. The normalized spacial score (nSPS) is 29.3. The van der Waals surface area contributed by atoms with Crippen molar-refractivity contribution < 1.29 is 18.9 Å². The van der Waals surface area contributed by atoms with Gasteiger partial charge in [-0.3, -0.25) is 0 Å². The molecule has 5 atom stereocenters. The lowest BCUT2D eigenvalue weighted by atomic mass is 9.98. The molecule has 0 aromatic heterocycles. The lowest BCUT2D eigenvalue weighted by Crippen LogP contribution is -2.55. The highest BCUT2D eigenvalue weighted by molar-refractivity contribution is 5.15. The number of nitrogens with zero attached hydrogens (tertiary/aromatic N) is 3. The third-order valence-electron chi connectivity index (χ3n) is 4.79. The van der Waals surface area contributed by atoms with Crippen molar-refractivity contribution in [3.05, 3.63) is 82.2 Å². The van der Waals surface area contributed by atoms with Gasteiger partial charge in [0.05, 0.1) is 19.8 Å². The van der Waals surface area contributed by atoms with E-state index in [1.807, 2.05) is 60.7 Å². The van der Waals surface area contributed by atoms with Gasteiger partial charge in [-0.1, -0.05) is 65.8 Å². The molecule has 7 nitrogen and oxygen atoms in total. The molecule has 7 heteroatoms. The molecule has 2 fully saturated rings. The summed E-state index contributed by atoms with van der Waals surface area (Å²) < 4.78 is 23.8. The second kappa shape index (κ2) is 8.52. The lowest BCUT2D eigenvalue weighted by Gasteiger charge is -2.38. The van der Waals surface area contributed by atoms with Gasteiger partial charge in [0.25, 0.3) is 0 Å². The van der Waals surface area contributed by atoms with Gasteiger partial charge in [0.1, 0.15) is 24.4 Å². The molecule has 2 aliphatic rings. The molecular formula is C20H21N3O4. The SMILES string of the molecule is [N-]=[N+]=N[C@H]1[C@@H]2OC[C@@H](O2)[C@H](OCc2ccccc2)[C@@H]1OCc1ccccc1. The Morgan fingerprint density at radius 2 is 1.52 bits per heavy atom. The molecule has 2 saturated heterocycles. The fraction of sp³-hybridized carbons (Fsp3) is 0.400. The van der Waals surface area contributed by atoms with E-state index in [4.69, 9.17) is 24.5 Å². The van der Waals surface area contributed by atoms with Crippen molar-refractivity contribution in [1.82, 2.24) is 0 Å². The lowest BCUT2D eigenvalue weighted by molar-refractivity contribution is -0.211. The van der Waals surface area contributed by atoms with Gasteiger partial charge in [0.15, 0.2) is 6.29 Å². The Bertz CT molecular complexity index is 782. The number of hydrogen-bond acceptors (Lipinski definition) is 5. The first-order chi connectivity index (χ1) is 13.3. The smallest absolute Gasteiger partial charge is 0.169 e. The van der Waals surface area contributed by atoms with Crippen LogP contribution in [0, 0.1) is 0 Å². The van der Waals surface area contributed by atoms with Crippen molar-refractivity contribution in [2.24, 2.45) is 5.11 Å². The Morgan fingerprint density at radius 1 is 0.926 bits per heavy atom. The molecule has 0 amide bonds. The minimum atomic E-state index is -0.599. The highest BCUT2D eigenvalue weighted by Gasteiger charge is 2.51. The predicted octanol–water partition coefficient (Wildman–Crippen LogP) is 3.59. The minimum Gasteiger partial charge on any atom is -0.370 e. The van der Waals surface area contributed by atoms with E-state index >= 15 is 0 Å². The topological polar surface area (TPSA) is 85.7 Å². The van der Waals surface area contributed by atoms with Gasteiger partial charge in [-0.05, 0) is 16.7 Å². The van der Waals surface area contributed by atoms with Crippen molar-refractivity contribution >= 4 is 0 Å². The van der Waals surface area contributed by atoms with Crippen LogP contribution in [0.2, 0.25) is 0 Å². The van der Waals surface area contributed by atoms with Crippen molar-refractivity contribution in [3.63, 3.8) is 0 Å². The van der Waals surface area contributed by atoms with E-state index in [9.17, 15) is 0 Å². The van der Waals surface area contributed by atoms with E-state index in [1.54, 1.807) is 0 Å². The quantitative estimate of drug-likeness (QED) is 0.425. The fourth-order valence-corrected chi connectivity index (χ4v) is 3.46. The molecule has 2 aromatic rings. The Morgan fingerprint density at radius 3 is 2.11 bits per heavy atom. The van der Waals surface area contributed by atoms with Gasteiger partial charge < -0.3 is 18.9 Å². The molecule has 0 saturated carbocycles. The summed E-state index contributed by atoms with van der Waals surface area (Å²) >= 11 is 0. The molecule has 2 bridgehead atoms. The highest BCUT2D eigenvalue weighted by Crippen LogP contribution is 2.34. The molecule has 140 valence electrons. The summed E-state index contributed by atoms with van der Waals surface area (Å²) in [4.78, 5) is 2.96. The number of fused-ring (bicyclic) bond motifs is 2. The zero-order valence-corrected chi connectivity index (χ0v) is 14.8. The molecule has 2 aliphatic heterocycles. The second-order valence-electron chi connectivity index (χ2n) is 6.59. The van der Waals surface area contributed by atoms with E-state index in [0.717, 1.165) is 11.1 Å². The van der Waals surface area contributed by atoms with Crippen LogP contribution in [-0.2, 0) is 32.2 Å². The van der Waals surface area contributed by atoms with E-state index in [0.29, 0.717) is 19.8 Å². The van der Waals surface area contributed by atoms with Crippen molar-refractivity contribution in [1.29, 1.82) is 0 Å². The van der Waals surface area contributed by atoms with Crippen LogP contribution < -0.4 is 0 Å². The van der Waals surface area contributed by atoms with Crippen LogP contribution in [0.1, 0.15) is 11.1 Å². The van der Waals surface area contributed by atoms with Crippen LogP contribution in [0.3, 0.4) is 0 Å². The molecule has 27 heavy (non-hydrogen) atoms. The minimum absolute atomic E-state index is 0.246. The maximum Gasteiger partial charge on any atom is 0.169 e. The number of hydrogen-bond donors (Lipinski definition) is 0. The number of rotatable bonds is 7. The molecular weight excluding hydrogens is 346 g/mol. The van der Waals surface area contributed by atoms with E-state index < -0.39 is 18.4 Å². The Labute approximate surface area is 157 Å². The van der Waals surface area contributed by atoms with Gasteiger partial charge >= 0.3 is 0 Å². The van der Waals surface area contributed by atoms with Crippen molar-refractivity contribution in [3.8, 4) is 0 Å². The van der Waals surface area contributed by atoms with Gasteiger partial charge in [-0.25, -0.2) is 0 Å². The third kappa shape index (κ3) is 4.13. The van der Waals surface area contributed by atoms with E-state index in [-0.39, 0.29) is 12.2 Å². The number of benzene rings is 2. The molecule has 0 unspecified atom stereocenters. The van der Waals surface area contributed by atoms with Crippen LogP contribution in [0.15, 0.2) is 65.8 Å². The largest absolute Gasteiger partial charge is 0.370 e. The zero-order chi connectivity index (χ0) is 18.5. The Kier molecular flexibility index (Phi) is 5.67. The van der Waals surface area contributed by atoms with Gasteiger partial charge in [-0.2, -0.15) is 0 Å². The van der Waals surface area contributed by atoms with Gasteiger partial charge in [-0.15, -0.1) is 0 Å². The summed E-state index contributed by atoms with van der Waals surface area (Å²) in [5.41, 5.74) is 11.1. The molecule has 2 aromatic carbocycles. The molecule has 0 spiro atoms. The van der Waals surface area contributed by atoms with E-state index in [2.05, 4.69) is 10.0 Å². The maximum atomic E-state index is 8.99. The molecule has 0 N–H and O–H groups in total. The number of azide groups is 1. The standard InChI is InChI=1S/C20H21N3O4/c21-23-22-17-19(25-12-15-9-5-2-6-10-15)18(16-13-26-20(17)27-16)24-11-14-7-3-1-4-8-14/h1-10,16-20H,11-13H2/t16-,17-,18+,19-,20-/m1/s1. The summed E-state index contributed by atoms with van der Waals surface area (Å²) in [6.07, 6.45) is -1.67. The van der Waals surface area contributed by atoms with Crippen molar-refractivity contribution in [2.45, 2.75) is 43.9 Å². The highest BCUT2D eigenvalue weighted by atomic mass is 16.7. The summed E-state index contributed by atoms with van der Waals surface area (Å²) in [6, 6.07) is 19.2. The third-order valence-corrected chi connectivity index (χ3v) is 4.79. The van der Waals surface area contributed by atoms with E-state index in [1.165, 1.54) is 0 Å². The maximum absolute atomic E-state index is 8.99. The molecule has 4 rings (SSSR count). The zero-order valence-electron chi connectivity index (χ0n) is 14.8. The van der Waals surface area contributed by atoms with Crippen LogP contribution >= 0.6 is 0 Å². The Balaban J connectivity index is 1.52. The molecule has 0 radical (unpaired) electrons. The van der Waals surface area contributed by atoms with Crippen LogP contribution in [0.5, 0.6) is 0 Å². The summed E-state index contributed by atoms with van der Waals surface area (Å²) in [5.74, 6) is 0. The summed E-state index contributed by atoms with van der Waals surface area (Å²) in [5, 5.41) is 3.89. The molecule has 0 aliphatic carbocycles. The first-order valence-electron chi connectivity index (χ1n) is 8.97. The van der Waals surface area contributed by atoms with Gasteiger partial charge in [0.2, 0.25) is 0 Å². The number of ether oxygens (including phenoxy) is 4. The van der Waals surface area contributed by atoms with Gasteiger partial charge in [0, 0.05) is 4.91 Å². The Hall–Kier alpha value is -2.41. The summed E-state index contributed by atoms with van der Waals surface area (Å²) in [7, 11) is 0. The van der Waals surface area contributed by atoms with Crippen LogP contribution in [-0.4, -0.2) is 37.3 Å². The first-order valence-corrected chi connectivity index (χ1v) is 8.97. The average Bonchev–Trinajstić information content (AvgIpc) is 3.15. The first kappa shape index (κ1) is 18.0. The monoisotopic (exact) mass is 367 g/mol. The van der Waals surface area contributed by atoms with Crippen LogP contribution in [0.4, 0.5) is 0 Å². The molecule has 2 heterocycles. The second-order valence-corrected chi connectivity index (χ2v) is 6.59. The summed E-state index contributed by atoms with van der Waals surface area (Å²) in [6.45, 7) is 1.21. The average molecular weight is 367 g/mol. The predicted molar refractivity (Wildman–Crippen MR) is 97.6 cm³/mol. The van der Waals surface area contributed by atoms with Crippen LogP contribution in [0.25, 0.3) is 10.4 Å². The van der Waals surface area contributed by atoms with Crippen molar-refractivity contribution in [2.75, 3.05) is 6.61 Å².